The van der Waals surface area contributed by atoms with E-state index in [0.717, 1.165) is 5.56 Å². The summed E-state index contributed by atoms with van der Waals surface area (Å²) < 4.78 is 5.16. The van der Waals surface area contributed by atoms with Crippen molar-refractivity contribution in [1.29, 1.82) is 0 Å². The predicted octanol–water partition coefficient (Wildman–Crippen LogP) is 0.550. The second kappa shape index (κ2) is 10.8. The van der Waals surface area contributed by atoms with Gasteiger partial charge in [-0.3, -0.25) is 9.59 Å². The predicted molar refractivity (Wildman–Crippen MR) is 83.1 cm³/mol. The first-order valence-corrected chi connectivity index (χ1v) is 7.48. The Kier molecular flexibility index (Phi) is 8.86. The van der Waals surface area contributed by atoms with E-state index in [1.165, 1.54) is 4.90 Å². The van der Waals surface area contributed by atoms with Gasteiger partial charge in [0.2, 0.25) is 0 Å². The number of nitrogens with zero attached hydrogens (tertiary/aromatic N) is 1. The van der Waals surface area contributed by atoms with E-state index in [2.05, 4.69) is 5.32 Å². The van der Waals surface area contributed by atoms with Gasteiger partial charge in [0.05, 0.1) is 6.61 Å². The lowest BCUT2D eigenvalue weighted by atomic mass is 10.2. The van der Waals surface area contributed by atoms with Crippen LogP contribution >= 0.6 is 0 Å². The second-order valence-corrected chi connectivity index (χ2v) is 4.74. The monoisotopic (exact) mass is 308 g/mol. The van der Waals surface area contributed by atoms with Crippen LogP contribution in [0.2, 0.25) is 0 Å². The zero-order valence-corrected chi connectivity index (χ0v) is 13.0. The minimum Gasteiger partial charge on any atom is -0.395 e. The van der Waals surface area contributed by atoms with Gasteiger partial charge in [-0.2, -0.15) is 0 Å². The number of hydrogen-bond acceptors (Lipinski definition) is 4. The minimum atomic E-state index is -0.652. The maximum absolute atomic E-state index is 12.1. The third-order valence-electron chi connectivity index (χ3n) is 3.02. The highest BCUT2D eigenvalue weighted by molar-refractivity contribution is 6.34. The first-order chi connectivity index (χ1) is 10.7. The Bertz CT molecular complexity index is 451. The molecule has 0 unspecified atom stereocenters. The minimum absolute atomic E-state index is 0.125. The van der Waals surface area contributed by atoms with Crippen molar-refractivity contribution in [3.05, 3.63) is 35.9 Å². The molecular formula is C16H24N2O4. The topological polar surface area (TPSA) is 78.9 Å². The summed E-state index contributed by atoms with van der Waals surface area (Å²) in [7, 11) is 0. The number of amides is 2. The molecule has 0 radical (unpaired) electrons. The van der Waals surface area contributed by atoms with Crippen molar-refractivity contribution in [1.82, 2.24) is 10.2 Å². The number of rotatable bonds is 9. The number of aliphatic hydroxyl groups excluding tert-OH is 1. The van der Waals surface area contributed by atoms with E-state index in [9.17, 15) is 9.59 Å². The fourth-order valence-corrected chi connectivity index (χ4v) is 1.92. The number of ether oxygens (including phenoxy) is 1. The lowest BCUT2D eigenvalue weighted by molar-refractivity contribution is -0.146. The summed E-state index contributed by atoms with van der Waals surface area (Å²) in [6.45, 7) is 3.72. The average molecular weight is 308 g/mol. The van der Waals surface area contributed by atoms with Gasteiger partial charge in [0.25, 0.3) is 0 Å². The summed E-state index contributed by atoms with van der Waals surface area (Å²) in [5, 5.41) is 11.7. The molecule has 0 saturated heterocycles. The largest absolute Gasteiger partial charge is 0.395 e. The van der Waals surface area contributed by atoms with Crippen LogP contribution in [0.3, 0.4) is 0 Å². The van der Waals surface area contributed by atoms with Gasteiger partial charge in [0.1, 0.15) is 0 Å². The Labute approximate surface area is 131 Å². The van der Waals surface area contributed by atoms with E-state index in [0.29, 0.717) is 32.7 Å². The summed E-state index contributed by atoms with van der Waals surface area (Å²) in [4.78, 5) is 25.3. The standard InChI is InChI=1S/C16H24N2O4/c1-2-22-12-6-9-17-15(20)16(21)18(10-11-19)13-14-7-4-3-5-8-14/h3-5,7-8,19H,2,6,9-13H2,1H3,(H,17,20). The SMILES string of the molecule is CCOCCCNC(=O)C(=O)N(CCO)Cc1ccccc1. The molecule has 1 aromatic rings. The van der Waals surface area contributed by atoms with E-state index in [-0.39, 0.29) is 13.2 Å². The summed E-state index contributed by atoms with van der Waals surface area (Å²) in [6, 6.07) is 9.36. The van der Waals surface area contributed by atoms with Gasteiger partial charge in [-0.05, 0) is 18.9 Å². The van der Waals surface area contributed by atoms with Crippen molar-refractivity contribution >= 4 is 11.8 Å². The van der Waals surface area contributed by atoms with Crippen LogP contribution in [0.1, 0.15) is 18.9 Å². The van der Waals surface area contributed by atoms with Crippen molar-refractivity contribution in [2.24, 2.45) is 0 Å². The Hall–Kier alpha value is -1.92. The normalized spacial score (nSPS) is 10.3. The van der Waals surface area contributed by atoms with Crippen molar-refractivity contribution < 1.29 is 19.4 Å². The molecule has 0 aromatic heterocycles. The number of hydrogen-bond donors (Lipinski definition) is 2. The molecule has 6 nitrogen and oxygen atoms in total. The Balaban J connectivity index is 2.47. The van der Waals surface area contributed by atoms with E-state index in [1.54, 1.807) is 0 Å². The second-order valence-electron chi connectivity index (χ2n) is 4.74. The third kappa shape index (κ3) is 6.69. The molecule has 1 rings (SSSR count). The molecule has 0 bridgehead atoms. The van der Waals surface area contributed by atoms with E-state index < -0.39 is 11.8 Å². The van der Waals surface area contributed by atoms with Crippen LogP contribution in [-0.4, -0.2) is 54.7 Å². The molecule has 2 amide bonds. The van der Waals surface area contributed by atoms with Crippen LogP contribution in [0.25, 0.3) is 0 Å². The molecule has 0 aliphatic heterocycles. The number of carbonyl (C=O) groups is 2. The van der Waals surface area contributed by atoms with Crippen LogP contribution in [0.5, 0.6) is 0 Å². The molecule has 0 aliphatic carbocycles. The first kappa shape index (κ1) is 18.1. The molecule has 0 heterocycles. The Morgan fingerprint density at radius 1 is 1.27 bits per heavy atom. The van der Waals surface area contributed by atoms with Gasteiger partial charge in [-0.1, -0.05) is 30.3 Å². The smallest absolute Gasteiger partial charge is 0.312 e. The summed E-state index contributed by atoms with van der Waals surface area (Å²) in [6.07, 6.45) is 0.658. The molecule has 22 heavy (non-hydrogen) atoms. The molecule has 0 spiro atoms. The molecule has 6 heteroatoms. The maximum Gasteiger partial charge on any atom is 0.312 e. The summed E-state index contributed by atoms with van der Waals surface area (Å²) in [5.74, 6) is -1.28. The summed E-state index contributed by atoms with van der Waals surface area (Å²) >= 11 is 0. The first-order valence-electron chi connectivity index (χ1n) is 7.48. The molecule has 122 valence electrons. The van der Waals surface area contributed by atoms with Gasteiger partial charge in [0.15, 0.2) is 0 Å². The van der Waals surface area contributed by atoms with Gasteiger partial charge >= 0.3 is 11.8 Å². The molecule has 0 saturated carbocycles. The van der Waals surface area contributed by atoms with Crippen LogP contribution in [0.4, 0.5) is 0 Å². The van der Waals surface area contributed by atoms with Gasteiger partial charge < -0.3 is 20.1 Å². The lowest BCUT2D eigenvalue weighted by Gasteiger charge is -2.21. The highest BCUT2D eigenvalue weighted by Crippen LogP contribution is 2.04. The zero-order valence-electron chi connectivity index (χ0n) is 13.0. The molecule has 0 fully saturated rings. The quantitative estimate of drug-likeness (QED) is 0.516. The van der Waals surface area contributed by atoms with Crippen molar-refractivity contribution in [3.8, 4) is 0 Å². The van der Waals surface area contributed by atoms with E-state index in [1.807, 2.05) is 37.3 Å². The molecule has 0 aliphatic rings. The van der Waals surface area contributed by atoms with Crippen LogP contribution < -0.4 is 5.32 Å². The average Bonchev–Trinajstić information content (AvgIpc) is 2.54. The molecule has 0 atom stereocenters. The van der Waals surface area contributed by atoms with E-state index >= 15 is 0 Å². The number of benzene rings is 1. The molecule has 2 N–H and O–H groups in total. The van der Waals surface area contributed by atoms with Crippen LogP contribution in [-0.2, 0) is 20.9 Å². The van der Waals surface area contributed by atoms with E-state index in [4.69, 9.17) is 9.84 Å². The number of aliphatic hydroxyl groups is 1. The van der Waals surface area contributed by atoms with Crippen molar-refractivity contribution in [2.45, 2.75) is 19.9 Å². The van der Waals surface area contributed by atoms with Crippen molar-refractivity contribution in [3.63, 3.8) is 0 Å². The van der Waals surface area contributed by atoms with Gasteiger partial charge in [0, 0.05) is 32.8 Å². The highest BCUT2D eigenvalue weighted by Gasteiger charge is 2.21. The van der Waals surface area contributed by atoms with Crippen LogP contribution in [0.15, 0.2) is 30.3 Å². The fourth-order valence-electron chi connectivity index (χ4n) is 1.92. The third-order valence-corrected chi connectivity index (χ3v) is 3.02. The highest BCUT2D eigenvalue weighted by atomic mass is 16.5. The van der Waals surface area contributed by atoms with Gasteiger partial charge in [-0.25, -0.2) is 0 Å². The number of nitrogens with one attached hydrogen (secondary N) is 1. The summed E-state index contributed by atoms with van der Waals surface area (Å²) in [5.41, 5.74) is 0.911. The molecule has 1 aromatic carbocycles. The lowest BCUT2D eigenvalue weighted by Crippen LogP contribution is -2.44. The maximum atomic E-state index is 12.1. The fraction of sp³-hybridized carbons (Fsp3) is 0.500. The zero-order chi connectivity index (χ0) is 16.2. The number of carbonyl (C=O) groups excluding carboxylic acids is 2. The van der Waals surface area contributed by atoms with Crippen molar-refractivity contribution in [2.75, 3.05) is 32.9 Å². The Morgan fingerprint density at radius 3 is 2.64 bits per heavy atom. The Morgan fingerprint density at radius 2 is 2.00 bits per heavy atom. The molecular weight excluding hydrogens is 284 g/mol. The van der Waals surface area contributed by atoms with Crippen LogP contribution in [0, 0.1) is 0 Å². The van der Waals surface area contributed by atoms with Gasteiger partial charge in [-0.15, -0.1) is 0 Å².